The Morgan fingerprint density at radius 1 is 1.44 bits per heavy atom. The van der Waals surface area contributed by atoms with Crippen molar-refractivity contribution >= 4 is 16.5 Å². The van der Waals surface area contributed by atoms with Crippen LogP contribution in [0.25, 0.3) is 10.8 Å². The normalized spacial score (nSPS) is 9.94. The summed E-state index contributed by atoms with van der Waals surface area (Å²) in [6.07, 6.45) is 3.39. The van der Waals surface area contributed by atoms with Gasteiger partial charge < -0.3 is 0 Å². The Bertz CT molecular complexity index is 602. The second-order valence-electron chi connectivity index (χ2n) is 3.31. The monoisotopic (exact) mass is 214 g/mol. The summed E-state index contributed by atoms with van der Waals surface area (Å²) in [6.45, 7) is 0.235. The maximum Gasteiger partial charge on any atom is 0.277 e. The van der Waals surface area contributed by atoms with Crippen LogP contribution in [0.2, 0.25) is 0 Å². The summed E-state index contributed by atoms with van der Waals surface area (Å²) in [5, 5.41) is 20.7. The first-order valence-electron chi connectivity index (χ1n) is 4.65. The van der Waals surface area contributed by atoms with Gasteiger partial charge >= 0.3 is 0 Å². The quantitative estimate of drug-likeness (QED) is 0.432. The van der Waals surface area contributed by atoms with Crippen LogP contribution in [0.5, 0.6) is 0 Å². The number of nitrogens with zero attached hydrogens (tertiary/aromatic N) is 3. The third-order valence-electron chi connectivity index (χ3n) is 2.30. The number of rotatable bonds is 2. The van der Waals surface area contributed by atoms with Gasteiger partial charge in [-0.25, -0.2) is 0 Å². The molecule has 0 aliphatic rings. The predicted molar refractivity (Wildman–Crippen MR) is 56.4 cm³/mol. The molecule has 1 heterocycles. The molecule has 0 bridgehead atoms. The predicted octanol–water partition coefficient (Wildman–Crippen LogP) is 1.56. The van der Waals surface area contributed by atoms with Crippen LogP contribution in [-0.4, -0.2) is 4.92 Å². The van der Waals surface area contributed by atoms with E-state index in [1.807, 2.05) is 6.07 Å². The number of fused-ring (bicyclic) bond motifs is 1. The molecule has 0 aliphatic carbocycles. The van der Waals surface area contributed by atoms with Crippen molar-refractivity contribution in [2.24, 2.45) is 0 Å². The van der Waals surface area contributed by atoms with Crippen LogP contribution in [0.3, 0.4) is 0 Å². The molecule has 0 saturated carbocycles. The molecule has 78 valence electrons. The molecule has 16 heavy (non-hydrogen) atoms. The average Bonchev–Trinajstić information content (AvgIpc) is 2.28. The molecular weight excluding hydrogens is 206 g/mol. The lowest BCUT2D eigenvalue weighted by Crippen LogP contribution is -2.31. The smallest absolute Gasteiger partial charge is 0.258 e. The number of pyridine rings is 1. The van der Waals surface area contributed by atoms with Gasteiger partial charge in [0.25, 0.3) is 5.69 Å². The summed E-state index contributed by atoms with van der Waals surface area (Å²) >= 11 is 0. The Labute approximate surface area is 91.3 Å². The highest BCUT2D eigenvalue weighted by molar-refractivity contribution is 5.89. The molecule has 0 fully saturated rings. The Balaban J connectivity index is 2.65. The standard InChI is InChI=1S/C11H8N3O2/c12-5-7-13-6-4-10-9(8-13)2-1-3-11(10)14(15)16/h1-4,6,8H,7H2/q+1. The zero-order valence-electron chi connectivity index (χ0n) is 8.33. The second-order valence-corrected chi connectivity index (χ2v) is 3.31. The second kappa shape index (κ2) is 3.95. The van der Waals surface area contributed by atoms with E-state index >= 15 is 0 Å². The molecule has 0 unspecified atom stereocenters. The van der Waals surface area contributed by atoms with Crippen LogP contribution in [0.4, 0.5) is 5.69 Å². The minimum Gasteiger partial charge on any atom is -0.258 e. The molecule has 0 atom stereocenters. The van der Waals surface area contributed by atoms with Crippen molar-refractivity contribution in [2.75, 3.05) is 0 Å². The molecule has 0 amide bonds. The van der Waals surface area contributed by atoms with Crippen molar-refractivity contribution in [3.63, 3.8) is 0 Å². The number of aromatic nitrogens is 1. The van der Waals surface area contributed by atoms with Gasteiger partial charge in [0.1, 0.15) is 6.07 Å². The van der Waals surface area contributed by atoms with E-state index in [4.69, 9.17) is 5.26 Å². The molecule has 0 aliphatic heterocycles. The summed E-state index contributed by atoms with van der Waals surface area (Å²) in [5.41, 5.74) is 0.0848. The Kier molecular flexibility index (Phi) is 2.48. The molecule has 5 nitrogen and oxygen atoms in total. The molecule has 2 rings (SSSR count). The van der Waals surface area contributed by atoms with Gasteiger partial charge in [0.2, 0.25) is 6.54 Å². The van der Waals surface area contributed by atoms with Crippen LogP contribution in [0.1, 0.15) is 0 Å². The fourth-order valence-electron chi connectivity index (χ4n) is 1.60. The lowest BCUT2D eigenvalue weighted by atomic mass is 10.1. The maximum atomic E-state index is 10.8. The van der Waals surface area contributed by atoms with E-state index in [0.29, 0.717) is 5.39 Å². The number of nitro groups is 1. The highest BCUT2D eigenvalue weighted by Gasteiger charge is 2.13. The third-order valence-corrected chi connectivity index (χ3v) is 2.30. The van der Waals surface area contributed by atoms with Gasteiger partial charge in [0, 0.05) is 12.1 Å². The summed E-state index contributed by atoms with van der Waals surface area (Å²) in [7, 11) is 0. The molecule has 0 saturated heterocycles. The fraction of sp³-hybridized carbons (Fsp3) is 0.0909. The van der Waals surface area contributed by atoms with Gasteiger partial charge in [-0.2, -0.15) is 9.83 Å². The van der Waals surface area contributed by atoms with Crippen molar-refractivity contribution in [3.8, 4) is 6.07 Å². The number of nitriles is 1. The van der Waals surface area contributed by atoms with Gasteiger partial charge in [-0.1, -0.05) is 6.07 Å². The van der Waals surface area contributed by atoms with Crippen LogP contribution >= 0.6 is 0 Å². The Hall–Kier alpha value is -2.48. The van der Waals surface area contributed by atoms with E-state index in [9.17, 15) is 10.1 Å². The van der Waals surface area contributed by atoms with Crippen molar-refractivity contribution in [1.29, 1.82) is 5.26 Å². The zero-order chi connectivity index (χ0) is 11.5. The topological polar surface area (TPSA) is 70.8 Å². The molecule has 0 N–H and O–H groups in total. The Morgan fingerprint density at radius 2 is 2.25 bits per heavy atom. The summed E-state index contributed by atoms with van der Waals surface area (Å²) in [5.74, 6) is 0. The van der Waals surface area contributed by atoms with Crippen molar-refractivity contribution in [3.05, 3.63) is 46.8 Å². The number of hydrogen-bond acceptors (Lipinski definition) is 3. The molecule has 0 spiro atoms. The molecular formula is C11H8N3O2+. The fourth-order valence-corrected chi connectivity index (χ4v) is 1.60. The van der Waals surface area contributed by atoms with Gasteiger partial charge in [-0.15, -0.1) is 0 Å². The zero-order valence-corrected chi connectivity index (χ0v) is 8.33. The minimum atomic E-state index is -0.406. The van der Waals surface area contributed by atoms with Crippen LogP contribution in [-0.2, 0) is 6.54 Å². The van der Waals surface area contributed by atoms with Crippen molar-refractivity contribution in [1.82, 2.24) is 0 Å². The lowest BCUT2D eigenvalue weighted by molar-refractivity contribution is -0.683. The summed E-state index contributed by atoms with van der Waals surface area (Å²) < 4.78 is 1.69. The molecule has 0 radical (unpaired) electrons. The average molecular weight is 214 g/mol. The minimum absolute atomic E-state index is 0.0848. The first kappa shape index (κ1) is 10.1. The van der Waals surface area contributed by atoms with Gasteiger partial charge in [0.15, 0.2) is 12.4 Å². The molecule has 1 aromatic carbocycles. The number of benzene rings is 1. The first-order valence-corrected chi connectivity index (χ1v) is 4.65. The van der Waals surface area contributed by atoms with E-state index in [1.165, 1.54) is 6.07 Å². The van der Waals surface area contributed by atoms with Gasteiger partial charge in [0.05, 0.1) is 15.7 Å². The SMILES string of the molecule is N#CC[n+]1ccc2c([N+](=O)[O-])cccc2c1. The number of non-ortho nitro benzene ring substituents is 1. The summed E-state index contributed by atoms with van der Waals surface area (Å²) in [4.78, 5) is 10.4. The van der Waals surface area contributed by atoms with Gasteiger partial charge in [-0.3, -0.25) is 10.1 Å². The van der Waals surface area contributed by atoms with Crippen molar-refractivity contribution in [2.45, 2.75) is 6.54 Å². The Morgan fingerprint density at radius 3 is 2.94 bits per heavy atom. The van der Waals surface area contributed by atoms with E-state index in [2.05, 4.69) is 0 Å². The molecule has 5 heteroatoms. The van der Waals surface area contributed by atoms with E-state index < -0.39 is 4.92 Å². The third kappa shape index (κ3) is 1.68. The summed E-state index contributed by atoms with van der Waals surface area (Å²) in [6, 6.07) is 8.57. The van der Waals surface area contributed by atoms with Crippen molar-refractivity contribution < 1.29 is 9.49 Å². The highest BCUT2D eigenvalue weighted by Crippen LogP contribution is 2.23. The van der Waals surface area contributed by atoms with E-state index in [1.54, 1.807) is 35.2 Å². The number of nitro benzene ring substituents is 1. The van der Waals surface area contributed by atoms with E-state index in [0.717, 1.165) is 5.39 Å². The largest absolute Gasteiger partial charge is 0.277 e. The van der Waals surface area contributed by atoms with Crippen LogP contribution in [0, 0.1) is 21.4 Å². The number of hydrogen-bond donors (Lipinski definition) is 0. The van der Waals surface area contributed by atoms with Gasteiger partial charge in [-0.05, 0) is 6.07 Å². The van der Waals surface area contributed by atoms with Crippen LogP contribution in [0.15, 0.2) is 36.7 Å². The van der Waals surface area contributed by atoms with E-state index in [-0.39, 0.29) is 12.2 Å². The van der Waals surface area contributed by atoms with Crippen LogP contribution < -0.4 is 4.57 Å². The molecule has 1 aromatic heterocycles. The molecule has 2 aromatic rings. The maximum absolute atomic E-state index is 10.8. The lowest BCUT2D eigenvalue weighted by Gasteiger charge is -1.97. The highest BCUT2D eigenvalue weighted by atomic mass is 16.6. The first-order chi connectivity index (χ1) is 7.72.